The average molecular weight is 230 g/mol. The number of halogens is 1. The Bertz CT molecular complexity index is 525. The molecule has 0 saturated carbocycles. The third-order valence-electron chi connectivity index (χ3n) is 2.46. The normalized spacial score (nSPS) is 10.0. The van der Waals surface area contributed by atoms with Crippen molar-refractivity contribution in [2.45, 2.75) is 0 Å². The van der Waals surface area contributed by atoms with Crippen LogP contribution in [0.15, 0.2) is 42.6 Å². The standard InChI is InChI=1S/C13H11FN2O/c1-16(12-5-3-2-4-11(12)14)13-7-6-10(9-17)8-15-13/h2-9H,1H3. The van der Waals surface area contributed by atoms with Crippen molar-refractivity contribution in [1.82, 2.24) is 4.98 Å². The molecular weight excluding hydrogens is 219 g/mol. The molecule has 17 heavy (non-hydrogen) atoms. The number of aldehydes is 1. The maximum Gasteiger partial charge on any atom is 0.151 e. The van der Waals surface area contributed by atoms with Crippen LogP contribution in [0.2, 0.25) is 0 Å². The van der Waals surface area contributed by atoms with Gasteiger partial charge < -0.3 is 4.90 Å². The molecule has 0 N–H and O–H groups in total. The van der Waals surface area contributed by atoms with Gasteiger partial charge in [-0.1, -0.05) is 12.1 Å². The topological polar surface area (TPSA) is 33.2 Å². The van der Waals surface area contributed by atoms with E-state index in [0.29, 0.717) is 17.1 Å². The number of pyridine rings is 1. The number of hydrogen-bond donors (Lipinski definition) is 0. The largest absolute Gasteiger partial charge is 0.327 e. The van der Waals surface area contributed by atoms with Crippen molar-refractivity contribution in [3.8, 4) is 0 Å². The van der Waals surface area contributed by atoms with Crippen LogP contribution in [0.5, 0.6) is 0 Å². The molecule has 0 bridgehead atoms. The molecule has 1 aromatic carbocycles. The molecular formula is C13H11FN2O. The van der Waals surface area contributed by atoms with Crippen molar-refractivity contribution in [3.63, 3.8) is 0 Å². The van der Waals surface area contributed by atoms with Gasteiger partial charge in [0.05, 0.1) is 5.69 Å². The molecule has 1 aromatic heterocycles. The number of carbonyl (C=O) groups is 1. The molecule has 0 spiro atoms. The van der Waals surface area contributed by atoms with Crippen molar-refractivity contribution >= 4 is 17.8 Å². The first-order chi connectivity index (χ1) is 8.22. The molecule has 0 amide bonds. The minimum Gasteiger partial charge on any atom is -0.327 e. The maximum atomic E-state index is 13.5. The first kappa shape index (κ1) is 11.3. The van der Waals surface area contributed by atoms with Crippen molar-refractivity contribution < 1.29 is 9.18 Å². The Labute approximate surface area is 98.5 Å². The van der Waals surface area contributed by atoms with Crippen molar-refractivity contribution in [2.24, 2.45) is 0 Å². The Morgan fingerprint density at radius 2 is 2.00 bits per heavy atom. The fourth-order valence-electron chi connectivity index (χ4n) is 1.51. The van der Waals surface area contributed by atoms with Crippen LogP contribution >= 0.6 is 0 Å². The molecule has 3 nitrogen and oxygen atoms in total. The summed E-state index contributed by atoms with van der Waals surface area (Å²) in [6.45, 7) is 0. The van der Waals surface area contributed by atoms with E-state index in [2.05, 4.69) is 4.98 Å². The van der Waals surface area contributed by atoms with Crippen LogP contribution in [0.1, 0.15) is 10.4 Å². The Kier molecular flexibility index (Phi) is 3.14. The minimum atomic E-state index is -0.309. The molecule has 0 saturated heterocycles. The molecule has 0 atom stereocenters. The fourth-order valence-corrected chi connectivity index (χ4v) is 1.51. The molecule has 2 aromatic rings. The van der Waals surface area contributed by atoms with E-state index in [9.17, 15) is 9.18 Å². The van der Waals surface area contributed by atoms with Crippen LogP contribution in [0, 0.1) is 5.82 Å². The highest BCUT2D eigenvalue weighted by Crippen LogP contribution is 2.23. The Morgan fingerprint density at radius 3 is 2.59 bits per heavy atom. The van der Waals surface area contributed by atoms with E-state index in [0.717, 1.165) is 6.29 Å². The van der Waals surface area contributed by atoms with E-state index in [4.69, 9.17) is 0 Å². The summed E-state index contributed by atoms with van der Waals surface area (Å²) in [7, 11) is 1.72. The second-order valence-electron chi connectivity index (χ2n) is 3.58. The van der Waals surface area contributed by atoms with Crippen LogP contribution in [0.25, 0.3) is 0 Å². The van der Waals surface area contributed by atoms with E-state index in [1.165, 1.54) is 12.3 Å². The summed E-state index contributed by atoms with van der Waals surface area (Å²) in [4.78, 5) is 16.2. The van der Waals surface area contributed by atoms with Gasteiger partial charge in [-0.15, -0.1) is 0 Å². The smallest absolute Gasteiger partial charge is 0.151 e. The molecule has 0 radical (unpaired) electrons. The zero-order valence-electron chi connectivity index (χ0n) is 9.30. The number of nitrogens with zero attached hydrogens (tertiary/aromatic N) is 2. The fraction of sp³-hybridized carbons (Fsp3) is 0.0769. The second kappa shape index (κ2) is 4.74. The average Bonchev–Trinajstić information content (AvgIpc) is 2.39. The van der Waals surface area contributed by atoms with Gasteiger partial charge in [0.25, 0.3) is 0 Å². The van der Waals surface area contributed by atoms with Crippen LogP contribution < -0.4 is 4.90 Å². The second-order valence-corrected chi connectivity index (χ2v) is 3.58. The van der Waals surface area contributed by atoms with E-state index in [1.54, 1.807) is 42.3 Å². The number of benzene rings is 1. The van der Waals surface area contributed by atoms with E-state index in [-0.39, 0.29) is 5.82 Å². The number of para-hydroxylation sites is 1. The first-order valence-corrected chi connectivity index (χ1v) is 5.12. The van der Waals surface area contributed by atoms with Gasteiger partial charge in [-0.05, 0) is 24.3 Å². The minimum absolute atomic E-state index is 0.309. The molecule has 0 aliphatic rings. The van der Waals surface area contributed by atoms with Gasteiger partial charge >= 0.3 is 0 Å². The number of aromatic nitrogens is 1. The summed E-state index contributed by atoms with van der Waals surface area (Å²) < 4.78 is 13.5. The molecule has 86 valence electrons. The van der Waals surface area contributed by atoms with Crippen LogP contribution in [0.3, 0.4) is 0 Å². The predicted molar refractivity (Wildman–Crippen MR) is 64.1 cm³/mol. The number of hydrogen-bond acceptors (Lipinski definition) is 3. The molecule has 0 unspecified atom stereocenters. The summed E-state index contributed by atoms with van der Waals surface area (Å²) in [5, 5.41) is 0. The summed E-state index contributed by atoms with van der Waals surface area (Å²) in [5.41, 5.74) is 0.939. The Hall–Kier alpha value is -2.23. The Balaban J connectivity index is 2.33. The van der Waals surface area contributed by atoms with Gasteiger partial charge in [0.15, 0.2) is 6.29 Å². The zero-order valence-corrected chi connectivity index (χ0v) is 9.30. The monoisotopic (exact) mass is 230 g/mol. The summed E-state index contributed by atoms with van der Waals surface area (Å²) >= 11 is 0. The zero-order chi connectivity index (χ0) is 12.3. The number of anilines is 2. The molecule has 2 rings (SSSR count). The van der Waals surface area contributed by atoms with Crippen molar-refractivity contribution in [3.05, 3.63) is 54.0 Å². The van der Waals surface area contributed by atoms with E-state index in [1.807, 2.05) is 0 Å². The predicted octanol–water partition coefficient (Wildman–Crippen LogP) is 2.80. The molecule has 0 aliphatic carbocycles. The van der Waals surface area contributed by atoms with Gasteiger partial charge in [0.1, 0.15) is 11.6 Å². The lowest BCUT2D eigenvalue weighted by Gasteiger charge is -2.18. The van der Waals surface area contributed by atoms with Gasteiger partial charge in [-0.25, -0.2) is 9.37 Å². The maximum absolute atomic E-state index is 13.5. The van der Waals surface area contributed by atoms with Gasteiger partial charge in [0.2, 0.25) is 0 Å². The van der Waals surface area contributed by atoms with Crippen molar-refractivity contribution in [2.75, 3.05) is 11.9 Å². The quantitative estimate of drug-likeness (QED) is 0.760. The van der Waals surface area contributed by atoms with Crippen LogP contribution in [-0.2, 0) is 0 Å². The third-order valence-corrected chi connectivity index (χ3v) is 2.46. The lowest BCUT2D eigenvalue weighted by atomic mass is 10.2. The van der Waals surface area contributed by atoms with Crippen molar-refractivity contribution in [1.29, 1.82) is 0 Å². The number of carbonyl (C=O) groups excluding carboxylic acids is 1. The highest BCUT2D eigenvalue weighted by Gasteiger charge is 2.09. The third kappa shape index (κ3) is 2.30. The van der Waals surface area contributed by atoms with Gasteiger partial charge in [-0.2, -0.15) is 0 Å². The lowest BCUT2D eigenvalue weighted by molar-refractivity contribution is 0.112. The van der Waals surface area contributed by atoms with Crippen LogP contribution in [0.4, 0.5) is 15.9 Å². The summed E-state index contributed by atoms with van der Waals surface area (Å²) in [6, 6.07) is 9.78. The summed E-state index contributed by atoms with van der Waals surface area (Å²) in [6.07, 6.45) is 2.18. The van der Waals surface area contributed by atoms with E-state index < -0.39 is 0 Å². The summed E-state index contributed by atoms with van der Waals surface area (Å²) in [5.74, 6) is 0.275. The highest BCUT2D eigenvalue weighted by molar-refractivity contribution is 5.75. The number of rotatable bonds is 3. The highest BCUT2D eigenvalue weighted by atomic mass is 19.1. The molecule has 0 aliphatic heterocycles. The molecule has 4 heteroatoms. The Morgan fingerprint density at radius 1 is 1.24 bits per heavy atom. The molecule has 1 heterocycles. The first-order valence-electron chi connectivity index (χ1n) is 5.12. The molecule has 0 fully saturated rings. The lowest BCUT2D eigenvalue weighted by Crippen LogP contribution is -2.12. The van der Waals surface area contributed by atoms with Gasteiger partial charge in [-0.3, -0.25) is 4.79 Å². The van der Waals surface area contributed by atoms with Crippen LogP contribution in [-0.4, -0.2) is 18.3 Å². The van der Waals surface area contributed by atoms with Gasteiger partial charge in [0, 0.05) is 18.8 Å². The van der Waals surface area contributed by atoms with E-state index >= 15 is 0 Å². The SMILES string of the molecule is CN(c1ccc(C=O)cn1)c1ccccc1F.